The van der Waals surface area contributed by atoms with Gasteiger partial charge in [0, 0.05) is 33.4 Å². The van der Waals surface area contributed by atoms with E-state index in [1.807, 2.05) is 37.3 Å². The van der Waals surface area contributed by atoms with Crippen LogP contribution in [0.3, 0.4) is 0 Å². The number of aryl methyl sites for hydroxylation is 1. The Balaban J connectivity index is 1.58. The van der Waals surface area contributed by atoms with Gasteiger partial charge in [-0.3, -0.25) is 9.59 Å². The summed E-state index contributed by atoms with van der Waals surface area (Å²) in [6.07, 6.45) is 3.72. The van der Waals surface area contributed by atoms with E-state index in [0.717, 1.165) is 40.6 Å². The molecule has 0 saturated heterocycles. The molecule has 150 valence electrons. The van der Waals surface area contributed by atoms with E-state index in [1.54, 1.807) is 18.3 Å². The fourth-order valence-electron chi connectivity index (χ4n) is 3.69. The quantitative estimate of drug-likeness (QED) is 0.429. The number of amides is 1. The summed E-state index contributed by atoms with van der Waals surface area (Å²) < 4.78 is 4.66. The Morgan fingerprint density at radius 2 is 2.03 bits per heavy atom. The van der Waals surface area contributed by atoms with Crippen LogP contribution in [0.2, 0.25) is 5.02 Å². The van der Waals surface area contributed by atoms with Crippen molar-refractivity contribution in [1.29, 1.82) is 0 Å². The van der Waals surface area contributed by atoms with E-state index in [-0.39, 0.29) is 11.5 Å². The SMILES string of the molecule is Cc1ccc(NC(=O)c2snc(-c3cccc4c(=O)[nH]ccc34)c2C2CC2)cc1Cl. The zero-order chi connectivity index (χ0) is 20.8. The Kier molecular flexibility index (Phi) is 4.68. The molecular weight excluding hydrogens is 418 g/mol. The van der Waals surface area contributed by atoms with Crippen molar-refractivity contribution >= 4 is 45.5 Å². The molecule has 0 radical (unpaired) electrons. The van der Waals surface area contributed by atoms with Gasteiger partial charge in [0.05, 0.1) is 5.69 Å². The molecule has 0 atom stereocenters. The Labute approximate surface area is 181 Å². The number of carbonyl (C=O) groups excluding carboxylic acids is 1. The van der Waals surface area contributed by atoms with Gasteiger partial charge in [0.1, 0.15) is 4.88 Å². The van der Waals surface area contributed by atoms with E-state index in [9.17, 15) is 9.59 Å². The standard InChI is InChI=1S/C23H18ClN3O2S/c1-12-5-8-14(11-18(12)24)26-23(29)21-19(13-6-7-13)20(27-30-21)16-3-2-4-17-15(16)9-10-25-22(17)28/h2-5,8-11,13H,6-7H2,1H3,(H,25,28)(H,26,29). The van der Waals surface area contributed by atoms with E-state index in [4.69, 9.17) is 11.6 Å². The number of anilines is 1. The van der Waals surface area contributed by atoms with Crippen molar-refractivity contribution in [3.05, 3.63) is 80.0 Å². The average molecular weight is 436 g/mol. The number of benzene rings is 2. The van der Waals surface area contributed by atoms with E-state index in [2.05, 4.69) is 14.7 Å². The van der Waals surface area contributed by atoms with E-state index < -0.39 is 0 Å². The number of nitrogens with zero attached hydrogens (tertiary/aromatic N) is 1. The number of aromatic nitrogens is 2. The fraction of sp³-hybridized carbons (Fsp3) is 0.174. The molecule has 2 aromatic carbocycles. The van der Waals surface area contributed by atoms with Crippen LogP contribution in [-0.4, -0.2) is 15.3 Å². The molecule has 1 aliphatic rings. The number of H-pyrrole nitrogens is 1. The minimum atomic E-state index is -0.182. The summed E-state index contributed by atoms with van der Waals surface area (Å²) in [6, 6.07) is 13.0. The predicted octanol–water partition coefficient (Wildman–Crippen LogP) is 5.74. The van der Waals surface area contributed by atoms with Crippen molar-refractivity contribution in [3.8, 4) is 11.3 Å². The molecular formula is C23H18ClN3O2S. The Bertz CT molecular complexity index is 1350. The van der Waals surface area contributed by atoms with Crippen molar-refractivity contribution in [2.75, 3.05) is 5.32 Å². The first-order valence-corrected chi connectivity index (χ1v) is 10.9. The molecule has 0 unspecified atom stereocenters. The fourth-order valence-corrected chi connectivity index (χ4v) is 4.75. The number of pyridine rings is 1. The third-order valence-corrected chi connectivity index (χ3v) is 6.69. The molecule has 0 spiro atoms. The van der Waals surface area contributed by atoms with Crippen molar-refractivity contribution < 1.29 is 4.79 Å². The van der Waals surface area contributed by atoms with Gasteiger partial charge >= 0.3 is 0 Å². The lowest BCUT2D eigenvalue weighted by atomic mass is 9.98. The summed E-state index contributed by atoms with van der Waals surface area (Å²) in [5.74, 6) is 0.136. The van der Waals surface area contributed by atoms with Gasteiger partial charge in [-0.2, -0.15) is 4.37 Å². The minimum absolute atomic E-state index is 0.133. The Morgan fingerprint density at radius 1 is 1.20 bits per heavy atom. The molecule has 0 bridgehead atoms. The predicted molar refractivity (Wildman–Crippen MR) is 122 cm³/mol. The number of fused-ring (bicyclic) bond motifs is 1. The normalized spacial score (nSPS) is 13.5. The Hall–Kier alpha value is -2.96. The van der Waals surface area contributed by atoms with Crippen molar-refractivity contribution in [2.45, 2.75) is 25.7 Å². The summed E-state index contributed by atoms with van der Waals surface area (Å²) in [5, 5.41) is 5.02. The largest absolute Gasteiger partial charge is 0.329 e. The second-order valence-electron chi connectivity index (χ2n) is 7.54. The van der Waals surface area contributed by atoms with E-state index >= 15 is 0 Å². The topological polar surface area (TPSA) is 74.8 Å². The van der Waals surface area contributed by atoms with Gasteiger partial charge in [-0.05, 0) is 72.4 Å². The summed E-state index contributed by atoms with van der Waals surface area (Å²) in [7, 11) is 0. The van der Waals surface area contributed by atoms with Gasteiger partial charge in [-0.25, -0.2) is 0 Å². The van der Waals surface area contributed by atoms with Crippen LogP contribution in [0.25, 0.3) is 22.0 Å². The summed E-state index contributed by atoms with van der Waals surface area (Å²) in [4.78, 5) is 28.6. The van der Waals surface area contributed by atoms with Gasteiger partial charge in [0.25, 0.3) is 11.5 Å². The first-order chi connectivity index (χ1) is 14.5. The molecule has 2 heterocycles. The molecule has 30 heavy (non-hydrogen) atoms. The first-order valence-electron chi connectivity index (χ1n) is 9.71. The number of halogens is 1. The number of hydrogen-bond acceptors (Lipinski definition) is 4. The van der Waals surface area contributed by atoms with Gasteiger partial charge in [-0.15, -0.1) is 0 Å². The monoisotopic (exact) mass is 435 g/mol. The molecule has 4 aromatic rings. The molecule has 1 saturated carbocycles. The lowest BCUT2D eigenvalue weighted by Crippen LogP contribution is -2.12. The average Bonchev–Trinajstić information content (AvgIpc) is 3.48. The molecule has 2 aromatic heterocycles. The number of hydrogen-bond donors (Lipinski definition) is 2. The third-order valence-electron chi connectivity index (χ3n) is 5.42. The second-order valence-corrected chi connectivity index (χ2v) is 8.72. The first kappa shape index (κ1) is 19.0. The third kappa shape index (κ3) is 3.32. The maximum atomic E-state index is 13.1. The van der Waals surface area contributed by atoms with Gasteiger partial charge in [-0.1, -0.05) is 29.8 Å². The smallest absolute Gasteiger partial charge is 0.267 e. The second kappa shape index (κ2) is 7.38. The van der Waals surface area contributed by atoms with Gasteiger partial charge in [0.2, 0.25) is 0 Å². The summed E-state index contributed by atoms with van der Waals surface area (Å²) in [6.45, 7) is 1.92. The molecule has 1 amide bonds. The van der Waals surface area contributed by atoms with Crippen LogP contribution in [-0.2, 0) is 0 Å². The summed E-state index contributed by atoms with van der Waals surface area (Å²) >= 11 is 7.40. The van der Waals surface area contributed by atoms with Crippen LogP contribution < -0.4 is 10.9 Å². The lowest BCUT2D eigenvalue weighted by molar-refractivity contribution is 0.102. The number of carbonyl (C=O) groups is 1. The van der Waals surface area contributed by atoms with Crippen LogP contribution in [0, 0.1) is 6.92 Å². The van der Waals surface area contributed by atoms with Crippen molar-refractivity contribution in [3.63, 3.8) is 0 Å². The van der Waals surface area contributed by atoms with E-state index in [1.165, 1.54) is 11.5 Å². The van der Waals surface area contributed by atoms with Crippen LogP contribution >= 0.6 is 23.1 Å². The summed E-state index contributed by atoms with van der Waals surface area (Å²) in [5.41, 5.74) is 4.14. The molecule has 1 aliphatic carbocycles. The number of aromatic amines is 1. The number of nitrogens with one attached hydrogen (secondary N) is 2. The Morgan fingerprint density at radius 3 is 2.80 bits per heavy atom. The highest BCUT2D eigenvalue weighted by Crippen LogP contribution is 2.48. The molecule has 5 nitrogen and oxygen atoms in total. The van der Waals surface area contributed by atoms with E-state index in [0.29, 0.717) is 26.9 Å². The molecule has 2 N–H and O–H groups in total. The van der Waals surface area contributed by atoms with Crippen LogP contribution in [0.15, 0.2) is 53.5 Å². The molecule has 1 fully saturated rings. The minimum Gasteiger partial charge on any atom is -0.329 e. The zero-order valence-electron chi connectivity index (χ0n) is 16.2. The molecule has 5 rings (SSSR count). The van der Waals surface area contributed by atoms with Crippen LogP contribution in [0.4, 0.5) is 5.69 Å². The maximum Gasteiger partial charge on any atom is 0.267 e. The molecule has 0 aliphatic heterocycles. The van der Waals surface area contributed by atoms with Crippen LogP contribution in [0.1, 0.15) is 39.6 Å². The highest BCUT2D eigenvalue weighted by atomic mass is 35.5. The number of rotatable bonds is 4. The van der Waals surface area contributed by atoms with Crippen molar-refractivity contribution in [2.24, 2.45) is 0 Å². The van der Waals surface area contributed by atoms with Crippen LogP contribution in [0.5, 0.6) is 0 Å². The molecule has 7 heteroatoms. The highest BCUT2D eigenvalue weighted by Gasteiger charge is 2.34. The lowest BCUT2D eigenvalue weighted by Gasteiger charge is -2.09. The van der Waals surface area contributed by atoms with Gasteiger partial charge < -0.3 is 10.3 Å². The zero-order valence-corrected chi connectivity index (χ0v) is 17.7. The highest BCUT2D eigenvalue weighted by molar-refractivity contribution is 7.08. The van der Waals surface area contributed by atoms with Crippen molar-refractivity contribution in [1.82, 2.24) is 9.36 Å². The maximum absolute atomic E-state index is 13.1. The van der Waals surface area contributed by atoms with Gasteiger partial charge in [0.15, 0.2) is 0 Å².